The fourth-order valence-electron chi connectivity index (χ4n) is 2.27. The topological polar surface area (TPSA) is 79.1 Å². The molecule has 0 bridgehead atoms. The van der Waals surface area contributed by atoms with Crippen molar-refractivity contribution in [2.24, 2.45) is 0 Å². The van der Waals surface area contributed by atoms with E-state index >= 15 is 0 Å². The van der Waals surface area contributed by atoms with Gasteiger partial charge >= 0.3 is 0 Å². The zero-order valence-corrected chi connectivity index (χ0v) is 11.4. The van der Waals surface area contributed by atoms with Gasteiger partial charge in [0.25, 0.3) is 0 Å². The molecule has 0 saturated carbocycles. The standard InChI is InChI=1S/C15H16N4O/c1-9-18-14(15(16)19(9)17)12-4-3-11-8-13(20-2)6-5-10(11)7-12/h3-8H,16-17H2,1-2H3. The molecule has 102 valence electrons. The fourth-order valence-corrected chi connectivity index (χ4v) is 2.27. The van der Waals surface area contributed by atoms with Crippen molar-refractivity contribution in [3.05, 3.63) is 42.2 Å². The maximum absolute atomic E-state index is 5.98. The lowest BCUT2D eigenvalue weighted by Crippen LogP contribution is -2.13. The Kier molecular flexibility index (Phi) is 2.75. The van der Waals surface area contributed by atoms with Gasteiger partial charge in [0.1, 0.15) is 17.3 Å². The van der Waals surface area contributed by atoms with E-state index in [9.17, 15) is 0 Å². The van der Waals surface area contributed by atoms with Crippen molar-refractivity contribution in [3.63, 3.8) is 0 Å². The summed E-state index contributed by atoms with van der Waals surface area (Å²) in [5, 5.41) is 2.21. The Bertz CT molecular complexity index is 792. The molecule has 0 atom stereocenters. The first kappa shape index (κ1) is 12.3. The molecule has 1 heterocycles. The Morgan fingerprint density at radius 2 is 1.80 bits per heavy atom. The van der Waals surface area contributed by atoms with Crippen LogP contribution in [0.15, 0.2) is 36.4 Å². The van der Waals surface area contributed by atoms with Crippen molar-refractivity contribution in [1.82, 2.24) is 9.66 Å². The van der Waals surface area contributed by atoms with Crippen molar-refractivity contribution in [1.29, 1.82) is 0 Å². The van der Waals surface area contributed by atoms with Crippen molar-refractivity contribution < 1.29 is 4.74 Å². The molecule has 4 N–H and O–H groups in total. The second-order valence-electron chi connectivity index (χ2n) is 4.69. The highest BCUT2D eigenvalue weighted by molar-refractivity contribution is 5.89. The van der Waals surface area contributed by atoms with E-state index in [2.05, 4.69) is 4.98 Å². The lowest BCUT2D eigenvalue weighted by atomic mass is 10.0. The number of imidazole rings is 1. The number of nitrogens with two attached hydrogens (primary N) is 2. The number of fused-ring (bicyclic) bond motifs is 1. The third kappa shape index (κ3) is 1.84. The highest BCUT2D eigenvalue weighted by atomic mass is 16.5. The Hall–Kier alpha value is -2.69. The van der Waals surface area contributed by atoms with Crippen LogP contribution in [0.4, 0.5) is 5.82 Å². The van der Waals surface area contributed by atoms with Crippen molar-refractivity contribution >= 4 is 16.6 Å². The number of hydrogen-bond acceptors (Lipinski definition) is 4. The van der Waals surface area contributed by atoms with Crippen LogP contribution in [0.5, 0.6) is 5.75 Å². The predicted molar refractivity (Wildman–Crippen MR) is 81.0 cm³/mol. The number of hydrogen-bond donors (Lipinski definition) is 2. The number of anilines is 1. The maximum atomic E-state index is 5.98. The van der Waals surface area contributed by atoms with Gasteiger partial charge in [-0.25, -0.2) is 9.66 Å². The van der Waals surface area contributed by atoms with Crippen LogP contribution in [0.2, 0.25) is 0 Å². The molecule has 20 heavy (non-hydrogen) atoms. The molecule has 0 unspecified atom stereocenters. The number of benzene rings is 2. The molecule has 5 heteroatoms. The van der Waals surface area contributed by atoms with Gasteiger partial charge < -0.3 is 16.3 Å². The van der Waals surface area contributed by atoms with Gasteiger partial charge in [0, 0.05) is 5.56 Å². The maximum Gasteiger partial charge on any atom is 0.150 e. The molecule has 0 radical (unpaired) electrons. The number of nitrogen functional groups attached to an aromatic ring is 2. The summed E-state index contributed by atoms with van der Waals surface area (Å²) in [4.78, 5) is 4.41. The molecule has 0 aliphatic carbocycles. The quantitative estimate of drug-likeness (QED) is 0.699. The molecular weight excluding hydrogens is 252 g/mol. The fraction of sp³-hybridized carbons (Fsp3) is 0.133. The monoisotopic (exact) mass is 268 g/mol. The van der Waals surface area contributed by atoms with Gasteiger partial charge in [0.2, 0.25) is 0 Å². The van der Waals surface area contributed by atoms with E-state index in [-0.39, 0.29) is 0 Å². The first-order valence-electron chi connectivity index (χ1n) is 6.28. The van der Waals surface area contributed by atoms with E-state index in [0.29, 0.717) is 17.3 Å². The van der Waals surface area contributed by atoms with Crippen LogP contribution in [-0.2, 0) is 0 Å². The summed E-state index contributed by atoms with van der Waals surface area (Å²) in [5.41, 5.74) is 7.64. The summed E-state index contributed by atoms with van der Waals surface area (Å²) in [6, 6.07) is 12.0. The zero-order chi connectivity index (χ0) is 14.3. The van der Waals surface area contributed by atoms with Gasteiger partial charge in [-0.3, -0.25) is 0 Å². The van der Waals surface area contributed by atoms with Crippen LogP contribution in [0, 0.1) is 6.92 Å². The number of nitrogens with zero attached hydrogens (tertiary/aromatic N) is 2. The van der Waals surface area contributed by atoms with Crippen LogP contribution in [0.1, 0.15) is 5.82 Å². The average Bonchev–Trinajstić information content (AvgIpc) is 2.74. The van der Waals surface area contributed by atoms with E-state index in [4.69, 9.17) is 16.3 Å². The summed E-state index contributed by atoms with van der Waals surface area (Å²) in [5.74, 6) is 7.80. The Labute approximate surface area is 116 Å². The molecule has 1 aromatic heterocycles. The second-order valence-corrected chi connectivity index (χ2v) is 4.69. The Morgan fingerprint density at radius 3 is 2.45 bits per heavy atom. The van der Waals surface area contributed by atoms with Crippen LogP contribution in [-0.4, -0.2) is 16.8 Å². The van der Waals surface area contributed by atoms with Gasteiger partial charge in [0.15, 0.2) is 5.82 Å². The number of rotatable bonds is 2. The van der Waals surface area contributed by atoms with Crippen molar-refractivity contribution in [2.45, 2.75) is 6.92 Å². The largest absolute Gasteiger partial charge is 0.497 e. The van der Waals surface area contributed by atoms with E-state index < -0.39 is 0 Å². The van der Waals surface area contributed by atoms with Crippen LogP contribution in [0.3, 0.4) is 0 Å². The summed E-state index contributed by atoms with van der Waals surface area (Å²) in [6.07, 6.45) is 0. The van der Waals surface area contributed by atoms with Crippen LogP contribution < -0.4 is 16.3 Å². The Morgan fingerprint density at radius 1 is 1.10 bits per heavy atom. The third-order valence-corrected chi connectivity index (χ3v) is 3.45. The molecule has 3 aromatic rings. The molecule has 0 fully saturated rings. The van der Waals surface area contributed by atoms with Crippen molar-refractivity contribution in [3.8, 4) is 17.0 Å². The van der Waals surface area contributed by atoms with Gasteiger partial charge in [-0.1, -0.05) is 18.2 Å². The molecule has 3 rings (SSSR count). The summed E-state index contributed by atoms with van der Waals surface area (Å²) >= 11 is 0. The van der Waals surface area contributed by atoms with E-state index in [1.54, 1.807) is 7.11 Å². The highest BCUT2D eigenvalue weighted by Gasteiger charge is 2.12. The van der Waals surface area contributed by atoms with Crippen LogP contribution >= 0.6 is 0 Å². The lowest BCUT2D eigenvalue weighted by Gasteiger charge is -2.05. The molecular formula is C15H16N4O. The minimum atomic E-state index is 0.468. The molecule has 0 aliphatic rings. The first-order chi connectivity index (χ1) is 9.60. The molecule has 2 aromatic carbocycles. The highest BCUT2D eigenvalue weighted by Crippen LogP contribution is 2.29. The van der Waals surface area contributed by atoms with Crippen molar-refractivity contribution in [2.75, 3.05) is 18.7 Å². The van der Waals surface area contributed by atoms with Gasteiger partial charge in [-0.05, 0) is 35.9 Å². The Balaban J connectivity index is 2.15. The van der Waals surface area contributed by atoms with Crippen LogP contribution in [0.25, 0.3) is 22.0 Å². The van der Waals surface area contributed by atoms with Gasteiger partial charge in [-0.15, -0.1) is 0 Å². The predicted octanol–water partition coefficient (Wildman–Crippen LogP) is 2.32. The smallest absolute Gasteiger partial charge is 0.150 e. The first-order valence-corrected chi connectivity index (χ1v) is 6.28. The minimum absolute atomic E-state index is 0.468. The number of aromatic nitrogens is 2. The summed E-state index contributed by atoms with van der Waals surface area (Å²) < 4.78 is 6.62. The number of aryl methyl sites for hydroxylation is 1. The number of ether oxygens (including phenoxy) is 1. The summed E-state index contributed by atoms with van der Waals surface area (Å²) in [7, 11) is 1.66. The minimum Gasteiger partial charge on any atom is -0.497 e. The molecule has 0 spiro atoms. The van der Waals surface area contributed by atoms with E-state index in [1.807, 2.05) is 43.3 Å². The molecule has 5 nitrogen and oxygen atoms in total. The van der Waals surface area contributed by atoms with E-state index in [0.717, 1.165) is 22.1 Å². The molecule has 0 aliphatic heterocycles. The molecule has 0 saturated heterocycles. The number of methoxy groups -OCH3 is 1. The normalized spacial score (nSPS) is 10.9. The average molecular weight is 268 g/mol. The molecule has 0 amide bonds. The third-order valence-electron chi connectivity index (χ3n) is 3.45. The van der Waals surface area contributed by atoms with Gasteiger partial charge in [0.05, 0.1) is 7.11 Å². The van der Waals surface area contributed by atoms with E-state index in [1.165, 1.54) is 4.68 Å². The lowest BCUT2D eigenvalue weighted by molar-refractivity contribution is 0.415. The summed E-state index contributed by atoms with van der Waals surface area (Å²) in [6.45, 7) is 1.83. The zero-order valence-electron chi connectivity index (χ0n) is 11.4. The SMILES string of the molecule is COc1ccc2cc(-c3nc(C)n(N)c3N)ccc2c1. The second kappa shape index (κ2) is 4.45. The van der Waals surface area contributed by atoms with Gasteiger partial charge in [-0.2, -0.15) is 0 Å².